The Kier molecular flexibility index (Phi) is 15.1. The molecule has 1 aromatic heterocycles. The third-order valence-electron chi connectivity index (χ3n) is 7.65. The van der Waals surface area contributed by atoms with Crippen LogP contribution in [0, 0.1) is 23.7 Å². The second-order valence-electron chi connectivity index (χ2n) is 12.7. The quantitative estimate of drug-likeness (QED) is 0.0986. The van der Waals surface area contributed by atoms with Crippen LogP contribution in [0.3, 0.4) is 0 Å². The van der Waals surface area contributed by atoms with Gasteiger partial charge in [-0.15, -0.1) is 0 Å². The number of nitrogens with zero attached hydrogens (tertiary/aromatic N) is 2. The third kappa shape index (κ3) is 10.5. The van der Waals surface area contributed by atoms with Gasteiger partial charge in [0, 0.05) is 19.2 Å². The predicted molar refractivity (Wildman–Crippen MR) is 167 cm³/mol. The minimum Gasteiger partial charge on any atom is -0.456 e. The summed E-state index contributed by atoms with van der Waals surface area (Å²) >= 11 is 0. The van der Waals surface area contributed by atoms with Gasteiger partial charge in [-0.3, -0.25) is 33.1 Å². The molecule has 0 bridgehead atoms. The smallest absolute Gasteiger partial charge is 0.456 e. The second-order valence-corrected chi connectivity index (χ2v) is 14.4. The number of halogens is 1. The second kappa shape index (κ2) is 17.6. The molecule has 2 rings (SSSR count). The van der Waals surface area contributed by atoms with Gasteiger partial charge in [-0.2, -0.15) is 0 Å². The number of carbonyl (C=O) groups is 4. The lowest BCUT2D eigenvalue weighted by atomic mass is 9.88. The highest BCUT2D eigenvalue weighted by Crippen LogP contribution is 2.53. The van der Waals surface area contributed by atoms with E-state index in [1.807, 2.05) is 0 Å². The summed E-state index contributed by atoms with van der Waals surface area (Å²) < 4.78 is 71.3. The molecule has 5 atom stereocenters. The van der Waals surface area contributed by atoms with E-state index in [9.17, 15) is 38.4 Å². The van der Waals surface area contributed by atoms with Crippen LogP contribution in [-0.4, -0.2) is 82.3 Å². The van der Waals surface area contributed by atoms with Crippen molar-refractivity contribution in [3.8, 4) is 0 Å². The zero-order valence-corrected chi connectivity index (χ0v) is 30.3. The van der Waals surface area contributed by atoms with Gasteiger partial charge in [0.05, 0.1) is 24.4 Å². The van der Waals surface area contributed by atoms with Gasteiger partial charge < -0.3 is 28.8 Å². The third-order valence-corrected chi connectivity index (χ3v) is 8.94. The van der Waals surface area contributed by atoms with Crippen molar-refractivity contribution in [1.29, 1.82) is 0 Å². The van der Waals surface area contributed by atoms with Crippen LogP contribution in [-0.2, 0) is 67.7 Å². The van der Waals surface area contributed by atoms with Gasteiger partial charge in [0.15, 0.2) is 24.7 Å². The molecular weight excluding hydrogens is 694 g/mol. The first-order valence-electron chi connectivity index (χ1n) is 15.6. The van der Waals surface area contributed by atoms with E-state index in [1.165, 1.54) is 27.7 Å². The molecule has 0 aliphatic carbocycles. The average molecular weight is 741 g/mol. The van der Waals surface area contributed by atoms with E-state index in [4.69, 9.17) is 37.3 Å². The number of hydrogen-bond acceptors (Lipinski definition) is 16. The van der Waals surface area contributed by atoms with E-state index in [0.29, 0.717) is 9.13 Å². The molecule has 0 aromatic carbocycles. The summed E-state index contributed by atoms with van der Waals surface area (Å²) in [4.78, 5) is 74.5. The van der Waals surface area contributed by atoms with Crippen LogP contribution in [0.5, 0.6) is 0 Å². The molecule has 1 aliphatic heterocycles. The minimum atomic E-state index is -4.94. The molecular formula is C30H46FN2O16P. The van der Waals surface area contributed by atoms with Crippen molar-refractivity contribution in [3.63, 3.8) is 0 Å². The number of ether oxygens (including phenoxy) is 5. The van der Waals surface area contributed by atoms with Gasteiger partial charge in [-0.25, -0.2) is 27.4 Å². The van der Waals surface area contributed by atoms with Crippen LogP contribution in [0.15, 0.2) is 21.9 Å². The number of rotatable bonds is 18. The fourth-order valence-corrected chi connectivity index (χ4v) is 5.30. The molecule has 1 unspecified atom stereocenters. The molecule has 50 heavy (non-hydrogen) atoms. The highest BCUT2D eigenvalue weighted by atomic mass is 31.2. The monoisotopic (exact) mass is 740 g/mol. The summed E-state index contributed by atoms with van der Waals surface area (Å²) in [6, 6.07) is 0.889. The summed E-state index contributed by atoms with van der Waals surface area (Å²) in [6.45, 7) is 7.61. The topological polar surface area (TPSA) is 223 Å². The van der Waals surface area contributed by atoms with Crippen LogP contribution in [0.4, 0.5) is 4.39 Å². The van der Waals surface area contributed by atoms with Crippen molar-refractivity contribution in [2.45, 2.75) is 92.6 Å². The maximum Gasteiger partial charge on any atom is 0.480 e. The van der Waals surface area contributed by atoms with E-state index >= 15 is 4.39 Å². The first-order valence-corrected chi connectivity index (χ1v) is 17.1. The van der Waals surface area contributed by atoms with Gasteiger partial charge in [-0.05, 0) is 12.8 Å². The summed E-state index contributed by atoms with van der Waals surface area (Å²) in [7, 11) is -4.94. The number of aliphatic hydroxyl groups is 1. The van der Waals surface area contributed by atoms with E-state index < -0.39 is 118 Å². The SMILES string of the molecule is CC(=O)O[C@@H]1[C@@](CF)(COP(=O)(OCOC(=O)C(C)C)OCOC(=O)C(C)C)O[C@@H](n2ccc(=O)n(COC(=O)C(C)C(C)C)c2=O)[C@]1(C)O. The highest BCUT2D eigenvalue weighted by Gasteiger charge is 2.65. The standard InChI is InChI=1S/C30H46FN2O16P/c1-17(2)20(7)25(38)42-14-33-22(35)10-11-32(28(33)39)27-29(9,40)26(48-21(8)34)30(12-31,49-27)13-45-50(41,46-15-43-23(36)18(3)4)47-16-44-24(37)19(5)6/h10-11,17-20,26-27,40H,12-16H2,1-9H3/t20?,26-,27+,29+,30+/m0/s1. The molecule has 1 fully saturated rings. The van der Waals surface area contributed by atoms with Gasteiger partial charge in [0.25, 0.3) is 5.56 Å². The number of phosphoric acid groups is 1. The molecule has 2 heterocycles. The van der Waals surface area contributed by atoms with Crippen molar-refractivity contribution >= 4 is 31.7 Å². The molecule has 0 saturated carbocycles. The lowest BCUT2D eigenvalue weighted by Crippen LogP contribution is -2.55. The van der Waals surface area contributed by atoms with Crippen LogP contribution < -0.4 is 11.2 Å². The number of phosphoric ester groups is 1. The van der Waals surface area contributed by atoms with Crippen LogP contribution >= 0.6 is 7.82 Å². The molecule has 0 amide bonds. The van der Waals surface area contributed by atoms with Crippen LogP contribution in [0.2, 0.25) is 0 Å². The van der Waals surface area contributed by atoms with E-state index in [-0.39, 0.29) is 5.92 Å². The van der Waals surface area contributed by atoms with E-state index in [1.54, 1.807) is 20.8 Å². The molecule has 0 spiro atoms. The fraction of sp³-hybridized carbons (Fsp3) is 0.733. The lowest BCUT2D eigenvalue weighted by molar-refractivity contribution is -0.174. The van der Waals surface area contributed by atoms with Crippen molar-refractivity contribution in [2.75, 3.05) is 26.9 Å². The van der Waals surface area contributed by atoms with Gasteiger partial charge in [-0.1, -0.05) is 48.5 Å². The maximum absolute atomic E-state index is 15.1. The summed E-state index contributed by atoms with van der Waals surface area (Å²) in [6.07, 6.45) is -2.97. The molecule has 18 nitrogen and oxygen atoms in total. The largest absolute Gasteiger partial charge is 0.480 e. The normalized spacial score (nSPS) is 22.8. The molecule has 1 aliphatic rings. The van der Waals surface area contributed by atoms with Gasteiger partial charge in [0.1, 0.15) is 12.3 Å². The van der Waals surface area contributed by atoms with Gasteiger partial charge in [0.2, 0.25) is 13.6 Å². The predicted octanol–water partition coefficient (Wildman–Crippen LogP) is 2.19. The molecule has 0 radical (unpaired) electrons. The fourth-order valence-electron chi connectivity index (χ4n) is 4.34. The molecule has 1 aromatic rings. The summed E-state index contributed by atoms with van der Waals surface area (Å²) in [5.41, 5.74) is -7.05. The average Bonchev–Trinajstić information content (AvgIpc) is 3.24. The van der Waals surface area contributed by atoms with Crippen molar-refractivity contribution in [3.05, 3.63) is 33.1 Å². The first kappa shape index (κ1) is 42.7. The summed E-state index contributed by atoms with van der Waals surface area (Å²) in [5, 5.41) is 11.7. The Balaban J connectivity index is 2.49. The van der Waals surface area contributed by atoms with Crippen LogP contribution in [0.1, 0.15) is 68.5 Å². The lowest BCUT2D eigenvalue weighted by Gasteiger charge is -2.34. The number of carbonyl (C=O) groups excluding carboxylic acids is 4. The number of alkyl halides is 1. The maximum atomic E-state index is 15.1. The van der Waals surface area contributed by atoms with Crippen LogP contribution in [0.25, 0.3) is 0 Å². The Bertz CT molecular complexity index is 1510. The van der Waals surface area contributed by atoms with E-state index in [0.717, 1.165) is 26.1 Å². The first-order chi connectivity index (χ1) is 23.1. The molecule has 284 valence electrons. The molecule has 1 N–H and O–H groups in total. The van der Waals surface area contributed by atoms with E-state index in [2.05, 4.69) is 0 Å². The Hall–Kier alpha value is -3.48. The van der Waals surface area contributed by atoms with Crippen molar-refractivity contribution in [1.82, 2.24) is 9.13 Å². The Morgan fingerprint density at radius 2 is 1.48 bits per heavy atom. The van der Waals surface area contributed by atoms with Crippen molar-refractivity contribution in [2.24, 2.45) is 23.7 Å². The molecule has 20 heteroatoms. The number of hydrogen-bond donors (Lipinski definition) is 1. The number of aromatic nitrogens is 2. The van der Waals surface area contributed by atoms with Crippen molar-refractivity contribution < 1.29 is 70.5 Å². The Labute approximate surface area is 287 Å². The van der Waals surface area contributed by atoms with Gasteiger partial charge >= 0.3 is 37.4 Å². The number of esters is 4. The summed E-state index contributed by atoms with van der Waals surface area (Å²) in [5.74, 6) is -5.13. The minimum absolute atomic E-state index is 0.112. The highest BCUT2D eigenvalue weighted by molar-refractivity contribution is 7.48. The Morgan fingerprint density at radius 1 is 0.940 bits per heavy atom. The zero-order valence-electron chi connectivity index (χ0n) is 29.4. The molecule has 1 saturated heterocycles. The Morgan fingerprint density at radius 3 is 1.94 bits per heavy atom. The zero-order chi connectivity index (χ0) is 38.2.